The first kappa shape index (κ1) is 13.5. The Hall–Kier alpha value is -3.18. The Kier molecular flexibility index (Phi) is 3.25. The molecule has 0 amide bonds. The van der Waals surface area contributed by atoms with E-state index in [0.717, 1.165) is 28.9 Å². The van der Waals surface area contributed by atoms with Crippen molar-refractivity contribution in [2.45, 2.75) is 6.42 Å². The number of nitrogens with zero attached hydrogens (tertiary/aromatic N) is 2. The van der Waals surface area contributed by atoms with Crippen molar-refractivity contribution in [1.82, 2.24) is 0 Å². The Morgan fingerprint density at radius 1 is 0.783 bits per heavy atom. The number of fused-ring (bicyclic) bond motifs is 2. The number of nitriles is 1. The van der Waals surface area contributed by atoms with Gasteiger partial charge >= 0.3 is 0 Å². The number of hydrogen-bond acceptors (Lipinski definition) is 2. The third-order valence-corrected chi connectivity index (χ3v) is 4.16. The molecule has 0 N–H and O–H groups in total. The molecule has 0 saturated heterocycles. The summed E-state index contributed by atoms with van der Waals surface area (Å²) >= 11 is 0. The number of rotatable bonds is 1. The lowest BCUT2D eigenvalue weighted by Gasteiger charge is -2.09. The molecule has 0 spiro atoms. The van der Waals surface area contributed by atoms with Crippen molar-refractivity contribution in [3.8, 4) is 6.07 Å². The number of aliphatic imine (C=N–C) groups is 1. The standard InChI is InChI=1S/C21H14N2/c22-14-15-9-11-16(12-10-15)21-19-7-3-1-5-17(19)13-18-6-2-4-8-20(18)23-21/h1-12H,13H2. The summed E-state index contributed by atoms with van der Waals surface area (Å²) < 4.78 is 0. The van der Waals surface area contributed by atoms with Crippen LogP contribution >= 0.6 is 0 Å². The highest BCUT2D eigenvalue weighted by molar-refractivity contribution is 6.15. The molecule has 1 aliphatic rings. The first-order chi connectivity index (χ1) is 11.3. The molecule has 2 heteroatoms. The largest absolute Gasteiger partial charge is 0.247 e. The van der Waals surface area contributed by atoms with Crippen LogP contribution in [0.15, 0.2) is 77.8 Å². The van der Waals surface area contributed by atoms with E-state index in [9.17, 15) is 0 Å². The van der Waals surface area contributed by atoms with E-state index in [-0.39, 0.29) is 0 Å². The molecule has 1 aliphatic heterocycles. The van der Waals surface area contributed by atoms with Crippen molar-refractivity contribution < 1.29 is 0 Å². The summed E-state index contributed by atoms with van der Waals surface area (Å²) in [5.41, 5.74) is 7.36. The second-order valence-corrected chi connectivity index (χ2v) is 5.61. The maximum atomic E-state index is 8.99. The smallest absolute Gasteiger partial charge is 0.0991 e. The summed E-state index contributed by atoms with van der Waals surface area (Å²) in [6.07, 6.45) is 0.885. The second kappa shape index (κ2) is 5.55. The number of hydrogen-bond donors (Lipinski definition) is 0. The van der Waals surface area contributed by atoms with Gasteiger partial charge in [0.25, 0.3) is 0 Å². The van der Waals surface area contributed by atoms with E-state index >= 15 is 0 Å². The lowest BCUT2D eigenvalue weighted by molar-refractivity contribution is 1.19. The normalized spacial score (nSPS) is 12.4. The van der Waals surface area contributed by atoms with Crippen molar-refractivity contribution in [3.05, 3.63) is 101 Å². The van der Waals surface area contributed by atoms with Crippen LogP contribution in [0.4, 0.5) is 5.69 Å². The van der Waals surface area contributed by atoms with E-state index < -0.39 is 0 Å². The monoisotopic (exact) mass is 294 g/mol. The minimum Gasteiger partial charge on any atom is -0.247 e. The molecular formula is C21H14N2. The van der Waals surface area contributed by atoms with Crippen LogP contribution in [0.3, 0.4) is 0 Å². The predicted octanol–water partition coefficient (Wildman–Crippen LogP) is 4.63. The fourth-order valence-corrected chi connectivity index (χ4v) is 2.98. The maximum absolute atomic E-state index is 8.99. The van der Waals surface area contributed by atoms with Gasteiger partial charge in [-0.2, -0.15) is 5.26 Å². The van der Waals surface area contributed by atoms with Crippen LogP contribution in [0, 0.1) is 11.3 Å². The molecule has 0 atom stereocenters. The minimum atomic E-state index is 0.664. The molecule has 23 heavy (non-hydrogen) atoms. The summed E-state index contributed by atoms with van der Waals surface area (Å²) in [7, 11) is 0. The van der Waals surface area contributed by atoms with E-state index in [1.165, 1.54) is 11.1 Å². The zero-order valence-electron chi connectivity index (χ0n) is 12.5. The zero-order chi connectivity index (χ0) is 15.6. The van der Waals surface area contributed by atoms with Gasteiger partial charge in [0, 0.05) is 17.5 Å². The highest BCUT2D eigenvalue weighted by atomic mass is 14.8. The third kappa shape index (κ3) is 2.43. The fourth-order valence-electron chi connectivity index (χ4n) is 2.98. The van der Waals surface area contributed by atoms with Gasteiger partial charge in [0.05, 0.1) is 23.0 Å². The van der Waals surface area contributed by atoms with Gasteiger partial charge in [-0.3, -0.25) is 0 Å². The molecular weight excluding hydrogens is 280 g/mol. The van der Waals surface area contributed by atoms with Crippen LogP contribution in [0.1, 0.15) is 27.8 Å². The van der Waals surface area contributed by atoms with Gasteiger partial charge in [-0.1, -0.05) is 54.6 Å². The van der Waals surface area contributed by atoms with Crippen molar-refractivity contribution in [1.29, 1.82) is 5.26 Å². The Bertz CT molecular complexity index is 944. The molecule has 108 valence electrons. The van der Waals surface area contributed by atoms with Crippen LogP contribution in [-0.2, 0) is 6.42 Å². The summed E-state index contributed by atoms with van der Waals surface area (Å²) in [6, 6.07) is 26.5. The van der Waals surface area contributed by atoms with Gasteiger partial charge < -0.3 is 0 Å². The van der Waals surface area contributed by atoms with Crippen molar-refractivity contribution in [2.24, 2.45) is 4.99 Å². The van der Waals surface area contributed by atoms with E-state index in [4.69, 9.17) is 10.3 Å². The van der Waals surface area contributed by atoms with Crippen LogP contribution < -0.4 is 0 Å². The number of para-hydroxylation sites is 1. The fraction of sp³-hybridized carbons (Fsp3) is 0.0476. The molecule has 1 heterocycles. The topological polar surface area (TPSA) is 36.1 Å². The zero-order valence-corrected chi connectivity index (χ0v) is 12.5. The Morgan fingerprint density at radius 2 is 1.48 bits per heavy atom. The first-order valence-corrected chi connectivity index (χ1v) is 7.60. The van der Waals surface area contributed by atoms with Gasteiger partial charge in [0.2, 0.25) is 0 Å². The maximum Gasteiger partial charge on any atom is 0.0991 e. The van der Waals surface area contributed by atoms with E-state index in [0.29, 0.717) is 5.56 Å². The summed E-state index contributed by atoms with van der Waals surface area (Å²) in [4.78, 5) is 4.94. The molecule has 0 saturated carbocycles. The highest BCUT2D eigenvalue weighted by Gasteiger charge is 2.17. The minimum absolute atomic E-state index is 0.664. The molecule has 0 radical (unpaired) electrons. The third-order valence-electron chi connectivity index (χ3n) is 4.16. The molecule has 0 aromatic heterocycles. The first-order valence-electron chi connectivity index (χ1n) is 7.60. The Labute approximate surface area is 135 Å². The van der Waals surface area contributed by atoms with E-state index in [1.807, 2.05) is 36.4 Å². The second-order valence-electron chi connectivity index (χ2n) is 5.61. The summed E-state index contributed by atoms with van der Waals surface area (Å²) in [5.74, 6) is 0. The molecule has 3 aromatic carbocycles. The van der Waals surface area contributed by atoms with Crippen LogP contribution in [0.5, 0.6) is 0 Å². The van der Waals surface area contributed by atoms with Gasteiger partial charge in [-0.25, -0.2) is 4.99 Å². The van der Waals surface area contributed by atoms with Crippen molar-refractivity contribution in [2.75, 3.05) is 0 Å². The van der Waals surface area contributed by atoms with Crippen LogP contribution in [-0.4, -0.2) is 5.71 Å². The van der Waals surface area contributed by atoms with Crippen molar-refractivity contribution >= 4 is 11.4 Å². The average Bonchev–Trinajstić information content (AvgIpc) is 2.78. The molecule has 0 unspecified atom stereocenters. The Morgan fingerprint density at radius 3 is 2.26 bits per heavy atom. The van der Waals surface area contributed by atoms with Crippen LogP contribution in [0.25, 0.3) is 0 Å². The molecule has 2 nitrogen and oxygen atoms in total. The predicted molar refractivity (Wildman–Crippen MR) is 92.1 cm³/mol. The quantitative estimate of drug-likeness (QED) is 0.504. The molecule has 3 aromatic rings. The lowest BCUT2D eigenvalue weighted by Crippen LogP contribution is -2.05. The van der Waals surface area contributed by atoms with Crippen LogP contribution in [0.2, 0.25) is 0 Å². The van der Waals surface area contributed by atoms with Gasteiger partial charge in [-0.15, -0.1) is 0 Å². The van der Waals surface area contributed by atoms with E-state index in [2.05, 4.69) is 42.5 Å². The van der Waals surface area contributed by atoms with Gasteiger partial charge in [-0.05, 0) is 29.3 Å². The van der Waals surface area contributed by atoms with Crippen molar-refractivity contribution in [3.63, 3.8) is 0 Å². The average molecular weight is 294 g/mol. The van der Waals surface area contributed by atoms with Gasteiger partial charge in [0.15, 0.2) is 0 Å². The molecule has 0 fully saturated rings. The molecule has 4 rings (SSSR count). The number of benzene rings is 3. The summed E-state index contributed by atoms with van der Waals surface area (Å²) in [6.45, 7) is 0. The lowest BCUT2D eigenvalue weighted by atomic mass is 9.94. The van der Waals surface area contributed by atoms with E-state index in [1.54, 1.807) is 0 Å². The highest BCUT2D eigenvalue weighted by Crippen LogP contribution is 2.30. The Balaban J connectivity index is 1.95. The SMILES string of the molecule is N#Cc1ccc(C2=Nc3ccccc3Cc3ccccc32)cc1. The van der Waals surface area contributed by atoms with Gasteiger partial charge in [0.1, 0.15) is 0 Å². The summed E-state index contributed by atoms with van der Waals surface area (Å²) in [5, 5.41) is 8.99. The molecule has 0 bridgehead atoms. The molecule has 0 aliphatic carbocycles.